The number of rotatable bonds is 4. The highest BCUT2D eigenvalue weighted by atomic mass is 16.5. The smallest absolute Gasteiger partial charge is 0.256 e. The molecule has 1 amide bonds. The number of nitrogens with zero attached hydrogens (tertiary/aromatic N) is 1. The molecular weight excluding hydrogens is 290 g/mol. The number of carbonyl (C=O) groups is 1. The normalized spacial score (nSPS) is 20.9. The number of amides is 1. The van der Waals surface area contributed by atoms with Gasteiger partial charge in [0.1, 0.15) is 11.8 Å². The molecule has 0 saturated carbocycles. The average molecular weight is 319 g/mol. The van der Waals surface area contributed by atoms with Crippen LogP contribution in [0.4, 0.5) is 5.69 Å². The summed E-state index contributed by atoms with van der Waals surface area (Å²) in [7, 11) is 1.67. The minimum atomic E-state index is -0.349. The number of carbonyl (C=O) groups excluding carboxylic acids is 1. The first-order valence-corrected chi connectivity index (χ1v) is 8.21. The number of methoxy groups -OCH3 is 1. The lowest BCUT2D eigenvalue weighted by Crippen LogP contribution is -2.61. The van der Waals surface area contributed by atoms with Gasteiger partial charge in [-0.1, -0.05) is 32.9 Å². The van der Waals surface area contributed by atoms with Gasteiger partial charge in [0.25, 0.3) is 5.91 Å². The van der Waals surface area contributed by atoms with Crippen molar-refractivity contribution in [2.75, 3.05) is 12.0 Å². The third kappa shape index (κ3) is 3.02. The lowest BCUT2D eigenvalue weighted by atomic mass is 9.77. The molecule has 0 aromatic heterocycles. The van der Waals surface area contributed by atoms with E-state index < -0.39 is 0 Å². The fraction of sp³-hybridized carbons (Fsp3) is 0.611. The van der Waals surface area contributed by atoms with Crippen LogP contribution in [0.15, 0.2) is 18.2 Å². The van der Waals surface area contributed by atoms with Gasteiger partial charge in [0.2, 0.25) is 0 Å². The molecule has 5 heteroatoms. The zero-order valence-corrected chi connectivity index (χ0v) is 15.0. The van der Waals surface area contributed by atoms with Crippen molar-refractivity contribution < 1.29 is 9.53 Å². The Hall–Kier alpha value is -1.75. The number of hydrogen-bond acceptors (Lipinski definition) is 4. The maximum absolute atomic E-state index is 12.5. The number of ether oxygens (including phenoxy) is 1. The maximum Gasteiger partial charge on any atom is 0.256 e. The van der Waals surface area contributed by atoms with Crippen LogP contribution in [0.2, 0.25) is 0 Å². The van der Waals surface area contributed by atoms with Crippen molar-refractivity contribution in [3.63, 3.8) is 0 Å². The van der Waals surface area contributed by atoms with Gasteiger partial charge in [-0.15, -0.1) is 0 Å². The van der Waals surface area contributed by atoms with Crippen molar-refractivity contribution in [2.24, 2.45) is 11.8 Å². The summed E-state index contributed by atoms with van der Waals surface area (Å²) in [5, 5.41) is 0. The Kier molecular flexibility index (Phi) is 4.90. The SMILES string of the molecule is COc1cccc2c1N([C@H](C(=O)NN)C(C)C)C(C)(C)C[C@H]2C. The molecule has 2 atom stereocenters. The van der Waals surface area contributed by atoms with Gasteiger partial charge in [-0.05, 0) is 43.7 Å². The summed E-state index contributed by atoms with van der Waals surface area (Å²) in [6.07, 6.45) is 0.967. The van der Waals surface area contributed by atoms with E-state index in [1.54, 1.807) is 7.11 Å². The Balaban J connectivity index is 2.70. The summed E-state index contributed by atoms with van der Waals surface area (Å²) in [6, 6.07) is 5.75. The number of benzene rings is 1. The van der Waals surface area contributed by atoms with Crippen LogP contribution < -0.4 is 20.9 Å². The van der Waals surface area contributed by atoms with E-state index in [1.807, 2.05) is 26.0 Å². The number of anilines is 1. The molecule has 5 nitrogen and oxygen atoms in total. The Morgan fingerprint density at radius 2 is 2.09 bits per heavy atom. The van der Waals surface area contributed by atoms with Gasteiger partial charge in [-0.3, -0.25) is 10.2 Å². The number of para-hydroxylation sites is 1. The lowest BCUT2D eigenvalue weighted by molar-refractivity contribution is -0.123. The second kappa shape index (κ2) is 6.40. The van der Waals surface area contributed by atoms with Gasteiger partial charge in [-0.25, -0.2) is 5.84 Å². The molecule has 0 radical (unpaired) electrons. The van der Waals surface area contributed by atoms with Gasteiger partial charge < -0.3 is 9.64 Å². The van der Waals surface area contributed by atoms with Crippen LogP contribution in [-0.2, 0) is 4.79 Å². The zero-order valence-electron chi connectivity index (χ0n) is 15.0. The highest BCUT2D eigenvalue weighted by Crippen LogP contribution is 2.49. The number of nitrogens with two attached hydrogens (primary N) is 1. The molecule has 3 N–H and O–H groups in total. The van der Waals surface area contributed by atoms with Crippen LogP contribution in [0.5, 0.6) is 5.75 Å². The van der Waals surface area contributed by atoms with Crippen molar-refractivity contribution in [1.29, 1.82) is 0 Å². The standard InChI is InChI=1S/C18H29N3O2/c1-11(2)15(17(22)20-19)21-16-13(8-7-9-14(16)23-6)12(3)10-18(21,4)5/h7-9,11-12,15H,10,19H2,1-6H3,(H,20,22)/t12-,15+/m1/s1. The van der Waals surface area contributed by atoms with Crippen molar-refractivity contribution >= 4 is 11.6 Å². The molecule has 0 fully saturated rings. The topological polar surface area (TPSA) is 67.6 Å². The van der Waals surface area contributed by atoms with Crippen molar-refractivity contribution in [2.45, 2.75) is 58.5 Å². The van der Waals surface area contributed by atoms with E-state index in [2.05, 4.69) is 37.2 Å². The lowest BCUT2D eigenvalue weighted by Gasteiger charge is -2.51. The summed E-state index contributed by atoms with van der Waals surface area (Å²) in [4.78, 5) is 14.7. The van der Waals surface area contributed by atoms with Crippen LogP contribution in [0.3, 0.4) is 0 Å². The van der Waals surface area contributed by atoms with Crippen molar-refractivity contribution in [1.82, 2.24) is 5.43 Å². The molecule has 0 unspecified atom stereocenters. The fourth-order valence-electron chi connectivity index (χ4n) is 3.94. The third-order valence-corrected chi connectivity index (χ3v) is 4.80. The van der Waals surface area contributed by atoms with E-state index in [-0.39, 0.29) is 23.4 Å². The zero-order chi connectivity index (χ0) is 17.4. The molecule has 0 aliphatic carbocycles. The summed E-state index contributed by atoms with van der Waals surface area (Å²) in [5.41, 5.74) is 4.40. The van der Waals surface area contributed by atoms with Gasteiger partial charge in [-0.2, -0.15) is 0 Å². The first-order valence-electron chi connectivity index (χ1n) is 8.21. The fourth-order valence-corrected chi connectivity index (χ4v) is 3.94. The molecule has 128 valence electrons. The largest absolute Gasteiger partial charge is 0.495 e. The Morgan fingerprint density at radius 1 is 1.43 bits per heavy atom. The van der Waals surface area contributed by atoms with Crippen molar-refractivity contribution in [3.8, 4) is 5.75 Å². The highest BCUT2D eigenvalue weighted by Gasteiger charge is 2.44. The minimum Gasteiger partial charge on any atom is -0.495 e. The molecule has 1 aromatic rings. The molecule has 23 heavy (non-hydrogen) atoms. The summed E-state index contributed by atoms with van der Waals surface area (Å²) in [6.45, 7) is 10.7. The van der Waals surface area contributed by atoms with E-state index in [9.17, 15) is 4.79 Å². The quantitative estimate of drug-likeness (QED) is 0.509. The van der Waals surface area contributed by atoms with E-state index in [4.69, 9.17) is 10.6 Å². The van der Waals surface area contributed by atoms with Gasteiger partial charge in [0.15, 0.2) is 0 Å². The third-order valence-electron chi connectivity index (χ3n) is 4.80. The molecule has 0 bridgehead atoms. The maximum atomic E-state index is 12.5. The molecule has 1 heterocycles. The molecular formula is C18H29N3O2. The number of hydrazine groups is 1. The molecule has 1 aliphatic heterocycles. The van der Waals surface area contributed by atoms with Crippen molar-refractivity contribution in [3.05, 3.63) is 23.8 Å². The van der Waals surface area contributed by atoms with Gasteiger partial charge in [0, 0.05) is 5.54 Å². The molecule has 1 aromatic carbocycles. The van der Waals surface area contributed by atoms with E-state index in [0.717, 1.165) is 17.9 Å². The highest BCUT2D eigenvalue weighted by molar-refractivity contribution is 5.87. The number of hydrogen-bond donors (Lipinski definition) is 2. The predicted molar refractivity (Wildman–Crippen MR) is 93.5 cm³/mol. The van der Waals surface area contributed by atoms with Gasteiger partial charge >= 0.3 is 0 Å². The Morgan fingerprint density at radius 3 is 2.61 bits per heavy atom. The Bertz CT molecular complexity index is 584. The minimum absolute atomic E-state index is 0.115. The molecule has 2 rings (SSSR count). The number of fused-ring (bicyclic) bond motifs is 1. The summed E-state index contributed by atoms with van der Waals surface area (Å²) in [5.74, 6) is 6.62. The van der Waals surface area contributed by atoms with Gasteiger partial charge in [0.05, 0.1) is 12.8 Å². The second-order valence-corrected chi connectivity index (χ2v) is 7.38. The van der Waals surface area contributed by atoms with Crippen LogP contribution in [0.25, 0.3) is 0 Å². The Labute approximate surface area is 139 Å². The molecule has 0 spiro atoms. The van der Waals surface area contributed by atoms with Crippen LogP contribution in [0.1, 0.15) is 52.5 Å². The molecule has 0 saturated heterocycles. The first kappa shape index (κ1) is 17.6. The summed E-state index contributed by atoms with van der Waals surface area (Å²) >= 11 is 0. The predicted octanol–water partition coefficient (Wildman–Crippen LogP) is 2.80. The van der Waals surface area contributed by atoms with E-state index in [0.29, 0.717) is 5.92 Å². The molecule has 1 aliphatic rings. The van der Waals surface area contributed by atoms with Crippen LogP contribution >= 0.6 is 0 Å². The first-order chi connectivity index (χ1) is 10.7. The number of nitrogens with one attached hydrogen (secondary N) is 1. The monoisotopic (exact) mass is 319 g/mol. The second-order valence-electron chi connectivity index (χ2n) is 7.38. The van der Waals surface area contributed by atoms with E-state index in [1.165, 1.54) is 5.56 Å². The van der Waals surface area contributed by atoms with Crippen LogP contribution in [-0.4, -0.2) is 24.6 Å². The van der Waals surface area contributed by atoms with E-state index >= 15 is 0 Å². The average Bonchev–Trinajstić information content (AvgIpc) is 2.49. The summed E-state index contributed by atoms with van der Waals surface area (Å²) < 4.78 is 5.62. The van der Waals surface area contributed by atoms with Crippen LogP contribution in [0, 0.1) is 5.92 Å².